The van der Waals surface area contributed by atoms with Crippen molar-refractivity contribution in [1.82, 2.24) is 0 Å². The van der Waals surface area contributed by atoms with E-state index in [0.717, 1.165) is 12.0 Å². The van der Waals surface area contributed by atoms with Crippen molar-refractivity contribution in [1.29, 1.82) is 0 Å². The van der Waals surface area contributed by atoms with Crippen LogP contribution in [-0.4, -0.2) is 23.3 Å². The number of ether oxygens (including phenoxy) is 1. The van der Waals surface area contributed by atoms with E-state index >= 15 is 0 Å². The number of benzene rings is 1. The molecule has 0 aromatic heterocycles. The van der Waals surface area contributed by atoms with Crippen LogP contribution >= 0.6 is 0 Å². The lowest BCUT2D eigenvalue weighted by Gasteiger charge is -2.39. The van der Waals surface area contributed by atoms with Crippen molar-refractivity contribution in [3.05, 3.63) is 22.8 Å². The van der Waals surface area contributed by atoms with Gasteiger partial charge in [-0.25, -0.2) is 0 Å². The van der Waals surface area contributed by atoms with Gasteiger partial charge < -0.3 is 14.9 Å². The molecule has 0 aliphatic heterocycles. The number of carboxylic acid groups (broad SMARTS) is 1. The molecule has 1 fully saturated rings. The van der Waals surface area contributed by atoms with E-state index in [9.17, 15) is 15.0 Å². The Morgan fingerprint density at radius 1 is 1.33 bits per heavy atom. The van der Waals surface area contributed by atoms with Gasteiger partial charge in [-0.1, -0.05) is 6.42 Å². The van der Waals surface area contributed by atoms with Gasteiger partial charge in [-0.3, -0.25) is 4.79 Å². The first-order valence-corrected chi connectivity index (χ1v) is 6.05. The molecule has 0 radical (unpaired) electrons. The van der Waals surface area contributed by atoms with Crippen molar-refractivity contribution in [3.63, 3.8) is 0 Å². The van der Waals surface area contributed by atoms with Gasteiger partial charge in [-0.2, -0.15) is 0 Å². The zero-order valence-electron chi connectivity index (χ0n) is 10.9. The van der Waals surface area contributed by atoms with E-state index in [1.807, 2.05) is 6.92 Å². The van der Waals surface area contributed by atoms with Crippen LogP contribution < -0.4 is 4.74 Å². The molecule has 0 saturated heterocycles. The van der Waals surface area contributed by atoms with E-state index in [2.05, 4.69) is 0 Å². The molecule has 2 rings (SSSR count). The summed E-state index contributed by atoms with van der Waals surface area (Å²) in [5.41, 5.74) is 1.09. The van der Waals surface area contributed by atoms with Crippen molar-refractivity contribution >= 4 is 5.97 Å². The molecule has 0 bridgehead atoms. The highest BCUT2D eigenvalue weighted by atomic mass is 16.5. The Kier molecular flexibility index (Phi) is 2.97. The van der Waals surface area contributed by atoms with E-state index in [1.54, 1.807) is 20.1 Å². The lowest BCUT2D eigenvalue weighted by atomic mass is 9.64. The first-order valence-electron chi connectivity index (χ1n) is 6.05. The molecule has 1 saturated carbocycles. The first kappa shape index (κ1) is 12.7. The highest BCUT2D eigenvalue weighted by molar-refractivity contribution is 5.84. The number of phenols is 1. The minimum Gasteiger partial charge on any atom is -0.507 e. The molecule has 1 aromatic rings. The van der Waals surface area contributed by atoms with Crippen LogP contribution in [0.2, 0.25) is 0 Å². The lowest BCUT2D eigenvalue weighted by Crippen LogP contribution is -2.42. The van der Waals surface area contributed by atoms with Crippen molar-refractivity contribution in [3.8, 4) is 11.5 Å². The van der Waals surface area contributed by atoms with Gasteiger partial charge in [0.25, 0.3) is 0 Å². The number of aliphatic carboxylic acids is 1. The Hall–Kier alpha value is -1.71. The standard InChI is InChI=1S/C14H18O4/c1-8-9(2)12(15)10(7-11(8)18-3)14(13(16)17)5-4-6-14/h7,15H,4-6H2,1-3H3,(H,16,17). The van der Waals surface area contributed by atoms with Gasteiger partial charge in [0.05, 0.1) is 12.5 Å². The van der Waals surface area contributed by atoms with Gasteiger partial charge in [-0.05, 0) is 43.9 Å². The third kappa shape index (κ3) is 1.55. The largest absolute Gasteiger partial charge is 0.507 e. The molecule has 1 aliphatic rings. The third-order valence-electron chi connectivity index (χ3n) is 4.17. The molecule has 0 amide bonds. The summed E-state index contributed by atoms with van der Waals surface area (Å²) in [6.07, 6.45) is 2.02. The predicted molar refractivity (Wildman–Crippen MR) is 67.3 cm³/mol. The minimum absolute atomic E-state index is 0.0930. The fourth-order valence-electron chi connectivity index (χ4n) is 2.58. The summed E-state index contributed by atoms with van der Waals surface area (Å²) in [7, 11) is 1.55. The molecule has 2 N–H and O–H groups in total. The van der Waals surface area contributed by atoms with Crippen LogP contribution in [0.15, 0.2) is 6.07 Å². The van der Waals surface area contributed by atoms with Gasteiger partial charge in [0.1, 0.15) is 11.5 Å². The van der Waals surface area contributed by atoms with Crippen LogP contribution in [0, 0.1) is 13.8 Å². The second kappa shape index (κ2) is 4.19. The molecule has 1 aromatic carbocycles. The molecule has 98 valence electrons. The maximum absolute atomic E-state index is 11.5. The number of methoxy groups -OCH3 is 1. The Labute approximate surface area is 106 Å². The average Bonchev–Trinajstić information content (AvgIpc) is 2.27. The second-order valence-electron chi connectivity index (χ2n) is 4.97. The fourth-order valence-corrected chi connectivity index (χ4v) is 2.58. The predicted octanol–water partition coefficient (Wildman–Crippen LogP) is 2.52. The topological polar surface area (TPSA) is 66.8 Å². The molecule has 0 heterocycles. The lowest BCUT2D eigenvalue weighted by molar-refractivity contribution is -0.147. The van der Waals surface area contributed by atoms with Crippen LogP contribution in [0.5, 0.6) is 11.5 Å². The summed E-state index contributed by atoms with van der Waals surface area (Å²) in [6, 6.07) is 1.67. The molecule has 4 heteroatoms. The SMILES string of the molecule is COc1cc(C2(C(=O)O)CCC2)c(O)c(C)c1C. The second-order valence-corrected chi connectivity index (χ2v) is 4.97. The third-order valence-corrected chi connectivity index (χ3v) is 4.17. The molecule has 18 heavy (non-hydrogen) atoms. The van der Waals surface area contributed by atoms with Crippen molar-refractivity contribution < 1.29 is 19.7 Å². The van der Waals surface area contributed by atoms with Crippen molar-refractivity contribution in [2.24, 2.45) is 0 Å². The monoisotopic (exact) mass is 250 g/mol. The Balaban J connectivity index is 2.64. The van der Waals surface area contributed by atoms with E-state index in [-0.39, 0.29) is 5.75 Å². The Morgan fingerprint density at radius 3 is 2.33 bits per heavy atom. The number of carboxylic acids is 1. The van der Waals surface area contributed by atoms with E-state index in [4.69, 9.17) is 4.74 Å². The van der Waals surface area contributed by atoms with Crippen LogP contribution in [0.1, 0.15) is 36.0 Å². The van der Waals surface area contributed by atoms with Gasteiger partial charge in [0.2, 0.25) is 0 Å². The van der Waals surface area contributed by atoms with E-state index < -0.39 is 11.4 Å². The summed E-state index contributed by atoms with van der Waals surface area (Å²) >= 11 is 0. The number of aromatic hydroxyl groups is 1. The van der Waals surface area contributed by atoms with Crippen molar-refractivity contribution in [2.45, 2.75) is 38.5 Å². The maximum Gasteiger partial charge on any atom is 0.314 e. The van der Waals surface area contributed by atoms with Crippen LogP contribution in [0.4, 0.5) is 0 Å². The number of carbonyl (C=O) groups is 1. The summed E-state index contributed by atoms with van der Waals surface area (Å²) in [5, 5.41) is 19.7. The zero-order valence-corrected chi connectivity index (χ0v) is 10.9. The quantitative estimate of drug-likeness (QED) is 0.865. The van der Waals surface area contributed by atoms with E-state index in [0.29, 0.717) is 29.7 Å². The van der Waals surface area contributed by atoms with Gasteiger partial charge in [0, 0.05) is 5.56 Å². The fraction of sp³-hybridized carbons (Fsp3) is 0.500. The Bertz CT molecular complexity index is 501. The molecule has 1 aliphatic carbocycles. The highest BCUT2D eigenvalue weighted by Gasteiger charge is 2.48. The van der Waals surface area contributed by atoms with E-state index in [1.165, 1.54) is 0 Å². The maximum atomic E-state index is 11.5. The van der Waals surface area contributed by atoms with Gasteiger partial charge >= 0.3 is 5.97 Å². The van der Waals surface area contributed by atoms with Crippen LogP contribution in [0.3, 0.4) is 0 Å². The molecular formula is C14H18O4. The van der Waals surface area contributed by atoms with Crippen LogP contribution in [0.25, 0.3) is 0 Å². The molecular weight excluding hydrogens is 232 g/mol. The smallest absolute Gasteiger partial charge is 0.314 e. The normalized spacial score (nSPS) is 17.1. The van der Waals surface area contributed by atoms with Crippen molar-refractivity contribution in [2.75, 3.05) is 7.11 Å². The highest BCUT2D eigenvalue weighted by Crippen LogP contribution is 2.49. The summed E-state index contributed by atoms with van der Waals surface area (Å²) in [6.45, 7) is 3.64. The first-order chi connectivity index (χ1) is 8.44. The van der Waals surface area contributed by atoms with Gasteiger partial charge in [-0.15, -0.1) is 0 Å². The van der Waals surface area contributed by atoms with Crippen LogP contribution in [-0.2, 0) is 10.2 Å². The number of rotatable bonds is 3. The molecule has 0 atom stereocenters. The minimum atomic E-state index is -0.935. The summed E-state index contributed by atoms with van der Waals surface area (Å²) in [4.78, 5) is 11.5. The molecule has 0 unspecified atom stereocenters. The summed E-state index contributed by atoms with van der Waals surface area (Å²) in [5.74, 6) is -0.141. The number of hydrogen-bond donors (Lipinski definition) is 2. The zero-order chi connectivity index (χ0) is 13.5. The molecule has 4 nitrogen and oxygen atoms in total. The molecule has 0 spiro atoms. The number of phenolic OH excluding ortho intramolecular Hbond substituents is 1. The summed E-state index contributed by atoms with van der Waals surface area (Å²) < 4.78 is 5.26. The Morgan fingerprint density at radius 2 is 1.94 bits per heavy atom. The average molecular weight is 250 g/mol. The van der Waals surface area contributed by atoms with Gasteiger partial charge in [0.15, 0.2) is 0 Å². The number of hydrogen-bond acceptors (Lipinski definition) is 3.